The molecule has 2 aromatic carbocycles. The molecule has 0 radical (unpaired) electrons. The summed E-state index contributed by atoms with van der Waals surface area (Å²) >= 11 is 0. The molecule has 9 heteroatoms. The first-order valence-corrected chi connectivity index (χ1v) is 11.1. The third kappa shape index (κ3) is 6.57. The maximum atomic E-state index is 12.3. The van der Waals surface area contributed by atoms with Crippen molar-refractivity contribution in [1.82, 2.24) is 15.0 Å². The van der Waals surface area contributed by atoms with Crippen LogP contribution in [-0.4, -0.2) is 35.1 Å². The fraction of sp³-hybridized carbons (Fsp3) is 0.111. The minimum absolute atomic E-state index is 0.248. The lowest BCUT2D eigenvalue weighted by Crippen LogP contribution is -2.07. The number of anilines is 5. The number of benzene rings is 2. The predicted octanol–water partition coefficient (Wildman–Crippen LogP) is 5.34. The number of hydrogen-bond acceptors (Lipinski definition) is 8. The first kappa shape index (κ1) is 24.2. The van der Waals surface area contributed by atoms with Crippen molar-refractivity contribution in [3.8, 4) is 11.5 Å². The zero-order valence-electron chi connectivity index (χ0n) is 20.1. The summed E-state index contributed by atoms with van der Waals surface area (Å²) in [5.41, 5.74) is 3.40. The van der Waals surface area contributed by atoms with Crippen LogP contribution in [0.4, 0.5) is 28.8 Å². The third-order valence-corrected chi connectivity index (χ3v) is 5.10. The van der Waals surface area contributed by atoms with E-state index in [0.717, 1.165) is 16.8 Å². The molecule has 0 aliphatic carbocycles. The van der Waals surface area contributed by atoms with Crippen LogP contribution in [0.25, 0.3) is 6.08 Å². The average Bonchev–Trinajstić information content (AvgIpc) is 2.88. The van der Waals surface area contributed by atoms with Gasteiger partial charge in [-0.2, -0.15) is 0 Å². The molecule has 0 aliphatic rings. The number of amides is 1. The number of carbonyl (C=O) groups excluding carboxylic acids is 1. The maximum absolute atomic E-state index is 12.3. The van der Waals surface area contributed by atoms with E-state index in [1.807, 2.05) is 49.4 Å². The van der Waals surface area contributed by atoms with Crippen LogP contribution in [0.1, 0.15) is 11.1 Å². The zero-order chi connectivity index (χ0) is 25.3. The Morgan fingerprint density at radius 1 is 0.778 bits per heavy atom. The van der Waals surface area contributed by atoms with Gasteiger partial charge in [0.1, 0.15) is 23.8 Å². The second-order valence-corrected chi connectivity index (χ2v) is 7.77. The highest BCUT2D eigenvalue weighted by Crippen LogP contribution is 2.28. The number of pyridine rings is 1. The summed E-state index contributed by atoms with van der Waals surface area (Å²) in [5, 5.41) is 9.24. The Bertz CT molecular complexity index is 1370. The first-order valence-electron chi connectivity index (χ1n) is 11.1. The third-order valence-electron chi connectivity index (χ3n) is 5.10. The highest BCUT2D eigenvalue weighted by atomic mass is 16.5. The van der Waals surface area contributed by atoms with E-state index >= 15 is 0 Å². The number of aryl methyl sites for hydroxylation is 1. The van der Waals surface area contributed by atoms with E-state index in [1.165, 1.54) is 12.4 Å². The molecule has 0 spiro atoms. The Labute approximate surface area is 209 Å². The van der Waals surface area contributed by atoms with Crippen LogP contribution in [0.15, 0.2) is 79.3 Å². The minimum Gasteiger partial charge on any atom is -0.493 e. The monoisotopic (exact) mass is 482 g/mol. The number of methoxy groups -OCH3 is 2. The van der Waals surface area contributed by atoms with Gasteiger partial charge < -0.3 is 25.4 Å². The summed E-state index contributed by atoms with van der Waals surface area (Å²) in [7, 11) is 3.15. The van der Waals surface area contributed by atoms with Gasteiger partial charge in [-0.25, -0.2) is 15.0 Å². The van der Waals surface area contributed by atoms with Crippen molar-refractivity contribution in [1.29, 1.82) is 0 Å². The molecule has 2 heterocycles. The van der Waals surface area contributed by atoms with Crippen molar-refractivity contribution in [2.24, 2.45) is 0 Å². The fourth-order valence-electron chi connectivity index (χ4n) is 3.33. The molecule has 0 aliphatic heterocycles. The molecule has 0 bridgehead atoms. The Hall–Kier alpha value is -4.92. The van der Waals surface area contributed by atoms with Gasteiger partial charge in [-0.05, 0) is 72.7 Å². The number of hydrogen-bond donors (Lipinski definition) is 3. The summed E-state index contributed by atoms with van der Waals surface area (Å²) < 4.78 is 10.5. The van der Waals surface area contributed by atoms with Crippen molar-refractivity contribution < 1.29 is 14.3 Å². The van der Waals surface area contributed by atoms with Crippen molar-refractivity contribution >= 4 is 40.8 Å². The smallest absolute Gasteiger partial charge is 0.248 e. The van der Waals surface area contributed by atoms with Gasteiger partial charge in [0.05, 0.1) is 14.2 Å². The standard InChI is InChI=1S/C27H26N6O3/c1-18-12-13-28-24(14-18)33-26-16-25(29-17-30-26)31-20-6-8-21(9-7-20)32-27(34)11-5-19-4-10-22(35-2)23(15-19)36-3/h4-17H,1-3H3,(H,32,34)(H2,28,29,30,31,33)/b11-5+. The Kier molecular flexibility index (Phi) is 7.72. The molecule has 0 unspecified atom stereocenters. The Morgan fingerprint density at radius 3 is 2.19 bits per heavy atom. The first-order chi connectivity index (χ1) is 17.5. The van der Waals surface area contributed by atoms with Gasteiger partial charge in [-0.1, -0.05) is 6.07 Å². The summed E-state index contributed by atoms with van der Waals surface area (Å²) in [6.07, 6.45) is 6.39. The molecule has 9 nitrogen and oxygen atoms in total. The maximum Gasteiger partial charge on any atom is 0.248 e. The molecular formula is C27H26N6O3. The lowest BCUT2D eigenvalue weighted by Gasteiger charge is -2.09. The lowest BCUT2D eigenvalue weighted by atomic mass is 10.2. The van der Waals surface area contributed by atoms with Crippen LogP contribution in [0, 0.1) is 6.92 Å². The number of carbonyl (C=O) groups is 1. The van der Waals surface area contributed by atoms with Crippen molar-refractivity contribution in [3.05, 3.63) is 90.4 Å². The van der Waals surface area contributed by atoms with E-state index in [2.05, 4.69) is 30.9 Å². The minimum atomic E-state index is -0.248. The second-order valence-electron chi connectivity index (χ2n) is 7.77. The van der Waals surface area contributed by atoms with E-state index in [1.54, 1.807) is 44.7 Å². The van der Waals surface area contributed by atoms with Gasteiger partial charge in [0.15, 0.2) is 11.5 Å². The van der Waals surface area contributed by atoms with E-state index in [9.17, 15) is 4.79 Å². The van der Waals surface area contributed by atoms with Crippen LogP contribution in [0.3, 0.4) is 0 Å². The largest absolute Gasteiger partial charge is 0.493 e. The number of ether oxygens (including phenoxy) is 2. The van der Waals surface area contributed by atoms with Gasteiger partial charge in [-0.3, -0.25) is 4.79 Å². The van der Waals surface area contributed by atoms with Crippen LogP contribution in [0.5, 0.6) is 11.5 Å². The summed E-state index contributed by atoms with van der Waals surface area (Å²) in [6, 6.07) is 18.4. The van der Waals surface area contributed by atoms with E-state index in [0.29, 0.717) is 34.6 Å². The number of nitrogens with one attached hydrogen (secondary N) is 3. The molecule has 0 fully saturated rings. The molecule has 2 aromatic heterocycles. The fourth-order valence-corrected chi connectivity index (χ4v) is 3.33. The molecule has 0 saturated heterocycles. The highest BCUT2D eigenvalue weighted by molar-refractivity contribution is 6.02. The van der Waals surface area contributed by atoms with E-state index in [-0.39, 0.29) is 5.91 Å². The summed E-state index contributed by atoms with van der Waals surface area (Å²) in [5.74, 6) is 2.93. The van der Waals surface area contributed by atoms with Gasteiger partial charge in [0.2, 0.25) is 5.91 Å². The Morgan fingerprint density at radius 2 is 1.47 bits per heavy atom. The average molecular weight is 483 g/mol. The summed E-state index contributed by atoms with van der Waals surface area (Å²) in [4.78, 5) is 25.1. The lowest BCUT2D eigenvalue weighted by molar-refractivity contribution is -0.111. The Balaban J connectivity index is 1.34. The molecule has 3 N–H and O–H groups in total. The zero-order valence-corrected chi connectivity index (χ0v) is 20.1. The second kappa shape index (κ2) is 11.5. The number of nitrogens with zero attached hydrogens (tertiary/aromatic N) is 3. The molecule has 0 atom stereocenters. The van der Waals surface area contributed by atoms with E-state index < -0.39 is 0 Å². The molecular weight excluding hydrogens is 456 g/mol. The molecule has 182 valence electrons. The number of rotatable bonds is 9. The molecule has 4 rings (SSSR count). The normalized spacial score (nSPS) is 10.6. The van der Waals surface area contributed by atoms with Gasteiger partial charge >= 0.3 is 0 Å². The molecule has 4 aromatic rings. The predicted molar refractivity (Wildman–Crippen MR) is 141 cm³/mol. The van der Waals surface area contributed by atoms with Crippen LogP contribution in [-0.2, 0) is 4.79 Å². The van der Waals surface area contributed by atoms with Gasteiger partial charge in [-0.15, -0.1) is 0 Å². The SMILES string of the molecule is COc1ccc(/C=C/C(=O)Nc2ccc(Nc3cc(Nc4cc(C)ccn4)ncn3)cc2)cc1OC. The van der Waals surface area contributed by atoms with E-state index in [4.69, 9.17) is 9.47 Å². The van der Waals surface area contributed by atoms with Crippen molar-refractivity contribution in [3.63, 3.8) is 0 Å². The molecule has 36 heavy (non-hydrogen) atoms. The van der Waals surface area contributed by atoms with Crippen LogP contribution < -0.4 is 25.4 Å². The topological polar surface area (TPSA) is 110 Å². The van der Waals surface area contributed by atoms with Crippen LogP contribution in [0.2, 0.25) is 0 Å². The van der Waals surface area contributed by atoms with Crippen molar-refractivity contribution in [2.75, 3.05) is 30.2 Å². The molecule has 1 amide bonds. The molecule has 0 saturated carbocycles. The van der Waals surface area contributed by atoms with Gasteiger partial charge in [0.25, 0.3) is 0 Å². The van der Waals surface area contributed by atoms with Crippen LogP contribution >= 0.6 is 0 Å². The summed E-state index contributed by atoms with van der Waals surface area (Å²) in [6.45, 7) is 2.00. The highest BCUT2D eigenvalue weighted by Gasteiger charge is 2.05. The number of aromatic nitrogens is 3. The van der Waals surface area contributed by atoms with Gasteiger partial charge in [0, 0.05) is 29.7 Å². The van der Waals surface area contributed by atoms with Crippen molar-refractivity contribution in [2.45, 2.75) is 6.92 Å². The quantitative estimate of drug-likeness (QED) is 0.274.